The fraction of sp³-hybridized carbons (Fsp3) is 0.727. The second kappa shape index (κ2) is 7.25. The summed E-state index contributed by atoms with van der Waals surface area (Å²) in [5, 5.41) is 21.1. The summed E-state index contributed by atoms with van der Waals surface area (Å²) in [6.07, 6.45) is 0.366. The molecule has 1 aliphatic heterocycles. The molecule has 0 bridgehead atoms. The van der Waals surface area contributed by atoms with Crippen LogP contribution in [-0.2, 0) is 19.4 Å². The van der Waals surface area contributed by atoms with Crippen molar-refractivity contribution in [3.8, 4) is 0 Å². The van der Waals surface area contributed by atoms with E-state index < -0.39 is 45.5 Å². The SMILES string of the molecule is O=C(O)CC[C@H](NC(=O)NCC1CCCS1(=O)=O)C(=O)O. The summed E-state index contributed by atoms with van der Waals surface area (Å²) in [7, 11) is -3.19. The lowest BCUT2D eigenvalue weighted by atomic mass is 10.1. The van der Waals surface area contributed by atoms with E-state index in [1.165, 1.54) is 0 Å². The molecule has 1 unspecified atom stereocenters. The van der Waals surface area contributed by atoms with Crippen LogP contribution in [0.4, 0.5) is 4.79 Å². The zero-order valence-electron chi connectivity index (χ0n) is 11.2. The van der Waals surface area contributed by atoms with Crippen LogP contribution in [0.2, 0.25) is 0 Å². The van der Waals surface area contributed by atoms with Gasteiger partial charge in [0.15, 0.2) is 9.84 Å². The first kappa shape index (κ1) is 17.2. The number of nitrogens with one attached hydrogen (secondary N) is 2. The van der Waals surface area contributed by atoms with Crippen molar-refractivity contribution in [2.45, 2.75) is 37.0 Å². The minimum atomic E-state index is -3.19. The molecule has 1 fully saturated rings. The number of rotatable bonds is 7. The largest absolute Gasteiger partial charge is 0.481 e. The van der Waals surface area contributed by atoms with Crippen molar-refractivity contribution in [1.82, 2.24) is 10.6 Å². The van der Waals surface area contributed by atoms with E-state index in [0.717, 1.165) is 0 Å². The average Bonchev–Trinajstić information content (AvgIpc) is 2.70. The van der Waals surface area contributed by atoms with E-state index in [2.05, 4.69) is 10.6 Å². The van der Waals surface area contributed by atoms with Crippen LogP contribution in [0.25, 0.3) is 0 Å². The maximum absolute atomic E-state index is 11.6. The number of hydrogen-bond donors (Lipinski definition) is 4. The summed E-state index contributed by atoms with van der Waals surface area (Å²) in [6.45, 7) is -0.0839. The van der Waals surface area contributed by atoms with Crippen molar-refractivity contribution in [1.29, 1.82) is 0 Å². The van der Waals surface area contributed by atoms with Crippen molar-refractivity contribution in [3.05, 3.63) is 0 Å². The molecule has 0 aromatic heterocycles. The fourth-order valence-electron chi connectivity index (χ4n) is 2.03. The second-order valence-electron chi connectivity index (χ2n) is 4.81. The molecule has 2 amide bonds. The summed E-state index contributed by atoms with van der Waals surface area (Å²) in [6, 6.07) is -2.16. The maximum atomic E-state index is 11.6. The van der Waals surface area contributed by atoms with Gasteiger partial charge in [0.05, 0.1) is 11.0 Å². The minimum absolute atomic E-state index is 0.0839. The molecule has 0 aromatic rings. The molecule has 0 radical (unpaired) electrons. The Labute approximate surface area is 121 Å². The van der Waals surface area contributed by atoms with Gasteiger partial charge in [-0.05, 0) is 19.3 Å². The second-order valence-corrected chi connectivity index (χ2v) is 7.21. The van der Waals surface area contributed by atoms with Crippen LogP contribution in [0.1, 0.15) is 25.7 Å². The van der Waals surface area contributed by atoms with E-state index in [4.69, 9.17) is 10.2 Å². The summed E-state index contributed by atoms with van der Waals surface area (Å²) in [5.41, 5.74) is 0. The number of hydrogen-bond acceptors (Lipinski definition) is 5. The molecule has 120 valence electrons. The smallest absolute Gasteiger partial charge is 0.326 e. The third-order valence-corrected chi connectivity index (χ3v) is 5.48. The number of urea groups is 1. The number of aliphatic carboxylic acids is 2. The Bertz CT molecular complexity index is 517. The van der Waals surface area contributed by atoms with E-state index in [9.17, 15) is 22.8 Å². The Morgan fingerprint density at radius 2 is 1.90 bits per heavy atom. The monoisotopic (exact) mass is 322 g/mol. The van der Waals surface area contributed by atoms with Gasteiger partial charge < -0.3 is 20.8 Å². The van der Waals surface area contributed by atoms with Gasteiger partial charge in [0, 0.05) is 13.0 Å². The minimum Gasteiger partial charge on any atom is -0.481 e. The highest BCUT2D eigenvalue weighted by molar-refractivity contribution is 7.92. The third-order valence-electron chi connectivity index (χ3n) is 3.20. The molecule has 1 saturated heterocycles. The van der Waals surface area contributed by atoms with E-state index >= 15 is 0 Å². The molecule has 0 aromatic carbocycles. The predicted octanol–water partition coefficient (Wildman–Crippen LogP) is -0.819. The van der Waals surface area contributed by atoms with Crippen LogP contribution in [0.15, 0.2) is 0 Å². The van der Waals surface area contributed by atoms with Gasteiger partial charge in [-0.15, -0.1) is 0 Å². The van der Waals surface area contributed by atoms with Gasteiger partial charge in [-0.2, -0.15) is 0 Å². The van der Waals surface area contributed by atoms with Crippen LogP contribution >= 0.6 is 0 Å². The summed E-state index contributed by atoms with van der Waals surface area (Å²) < 4.78 is 23.1. The van der Waals surface area contributed by atoms with Crippen molar-refractivity contribution >= 4 is 27.8 Å². The van der Waals surface area contributed by atoms with Gasteiger partial charge in [0.25, 0.3) is 0 Å². The number of carboxylic acid groups (broad SMARTS) is 2. The first-order valence-corrected chi connectivity index (χ1v) is 8.14. The lowest BCUT2D eigenvalue weighted by molar-refractivity contribution is -0.140. The molecule has 9 nitrogen and oxygen atoms in total. The number of carbonyl (C=O) groups excluding carboxylic acids is 1. The molecule has 0 saturated carbocycles. The molecule has 2 atom stereocenters. The Kier molecular flexibility index (Phi) is 5.94. The standard InChI is InChI=1S/C11H18N2O7S/c14-9(15)4-3-8(10(16)17)13-11(18)12-6-7-2-1-5-21(7,19)20/h7-8H,1-6H2,(H,14,15)(H,16,17)(H2,12,13,18)/t7?,8-/m0/s1. The van der Waals surface area contributed by atoms with Crippen LogP contribution in [0, 0.1) is 0 Å². The number of sulfone groups is 1. The van der Waals surface area contributed by atoms with Crippen molar-refractivity contribution in [2.24, 2.45) is 0 Å². The quantitative estimate of drug-likeness (QED) is 0.478. The highest BCUT2D eigenvalue weighted by atomic mass is 32.2. The average molecular weight is 322 g/mol. The molecule has 0 aliphatic carbocycles. The zero-order chi connectivity index (χ0) is 16.0. The van der Waals surface area contributed by atoms with E-state index in [0.29, 0.717) is 12.8 Å². The van der Waals surface area contributed by atoms with Crippen LogP contribution < -0.4 is 10.6 Å². The van der Waals surface area contributed by atoms with Crippen molar-refractivity contribution in [2.75, 3.05) is 12.3 Å². The highest BCUT2D eigenvalue weighted by Crippen LogP contribution is 2.18. The molecule has 10 heteroatoms. The van der Waals surface area contributed by atoms with Crippen molar-refractivity contribution < 1.29 is 33.0 Å². The first-order valence-electron chi connectivity index (χ1n) is 6.43. The Hall–Kier alpha value is -1.84. The Morgan fingerprint density at radius 1 is 1.24 bits per heavy atom. The normalized spacial score (nSPS) is 21.4. The molecule has 1 heterocycles. The van der Waals surface area contributed by atoms with E-state index in [1.54, 1.807) is 0 Å². The van der Waals surface area contributed by atoms with Crippen LogP contribution in [0.3, 0.4) is 0 Å². The number of amides is 2. The molecule has 21 heavy (non-hydrogen) atoms. The van der Waals surface area contributed by atoms with Gasteiger partial charge in [0.1, 0.15) is 6.04 Å². The van der Waals surface area contributed by atoms with Crippen molar-refractivity contribution in [3.63, 3.8) is 0 Å². The Balaban J connectivity index is 2.43. The molecular weight excluding hydrogens is 304 g/mol. The molecule has 4 N–H and O–H groups in total. The van der Waals surface area contributed by atoms with Gasteiger partial charge >= 0.3 is 18.0 Å². The Morgan fingerprint density at radius 3 is 2.38 bits per heavy atom. The molecular formula is C11H18N2O7S. The van der Waals surface area contributed by atoms with Gasteiger partial charge in [-0.1, -0.05) is 0 Å². The first-order chi connectivity index (χ1) is 9.72. The van der Waals surface area contributed by atoms with Gasteiger partial charge in [-0.3, -0.25) is 4.79 Å². The van der Waals surface area contributed by atoms with E-state index in [1.807, 2.05) is 0 Å². The molecule has 1 aliphatic rings. The van der Waals surface area contributed by atoms with E-state index in [-0.39, 0.29) is 18.7 Å². The maximum Gasteiger partial charge on any atom is 0.326 e. The number of carbonyl (C=O) groups is 3. The summed E-state index contributed by atoms with van der Waals surface area (Å²) in [4.78, 5) is 32.8. The van der Waals surface area contributed by atoms with Crippen LogP contribution in [-0.4, -0.2) is 60.2 Å². The number of carboxylic acids is 2. The van der Waals surface area contributed by atoms with Gasteiger partial charge in [-0.25, -0.2) is 18.0 Å². The summed E-state index contributed by atoms with van der Waals surface area (Å²) in [5.74, 6) is -2.42. The van der Waals surface area contributed by atoms with Crippen LogP contribution in [0.5, 0.6) is 0 Å². The lowest BCUT2D eigenvalue weighted by Gasteiger charge is -2.16. The topological polar surface area (TPSA) is 150 Å². The lowest BCUT2D eigenvalue weighted by Crippen LogP contribution is -2.48. The predicted molar refractivity (Wildman–Crippen MR) is 71.6 cm³/mol. The zero-order valence-corrected chi connectivity index (χ0v) is 12.1. The molecule has 1 rings (SSSR count). The molecule has 0 spiro atoms. The summed E-state index contributed by atoms with van der Waals surface area (Å²) >= 11 is 0. The highest BCUT2D eigenvalue weighted by Gasteiger charge is 2.31. The third kappa shape index (κ3) is 5.58. The van der Waals surface area contributed by atoms with Gasteiger partial charge in [0.2, 0.25) is 0 Å². The fourth-order valence-corrected chi connectivity index (χ4v) is 3.79.